The van der Waals surface area contributed by atoms with E-state index in [1.165, 1.54) is 0 Å². The van der Waals surface area contributed by atoms with Gasteiger partial charge in [-0.15, -0.1) is 0 Å². The van der Waals surface area contributed by atoms with Crippen LogP contribution in [0.3, 0.4) is 0 Å². The van der Waals surface area contributed by atoms with Gasteiger partial charge in [0.15, 0.2) is 0 Å². The summed E-state index contributed by atoms with van der Waals surface area (Å²) in [5, 5.41) is 1.35. The number of unbranched alkanes of at least 4 members (excludes halogenated alkanes) is 1. The Kier molecular flexibility index (Phi) is 5.11. The molecule has 0 aliphatic rings. The summed E-state index contributed by atoms with van der Waals surface area (Å²) in [6, 6.07) is 15.1. The highest BCUT2D eigenvalue weighted by molar-refractivity contribution is 6.30. The summed E-state index contributed by atoms with van der Waals surface area (Å²) in [7, 11) is 0. The Morgan fingerprint density at radius 1 is 1.12 bits per heavy atom. The van der Waals surface area contributed by atoms with Gasteiger partial charge < -0.3 is 0 Å². The highest BCUT2D eigenvalue weighted by Crippen LogP contribution is 2.15. The van der Waals surface area contributed by atoms with Crippen molar-refractivity contribution in [3.8, 4) is 0 Å². The van der Waals surface area contributed by atoms with Crippen molar-refractivity contribution in [3.63, 3.8) is 0 Å². The Morgan fingerprint density at radius 3 is 2.75 bits per heavy atom. The summed E-state index contributed by atoms with van der Waals surface area (Å²) in [6.07, 6.45) is 5.79. The van der Waals surface area contributed by atoms with Gasteiger partial charge in [0.25, 0.3) is 5.56 Å². The molecule has 1 aromatic heterocycles. The van der Waals surface area contributed by atoms with Crippen LogP contribution in [0.2, 0.25) is 5.02 Å². The third-order valence-electron chi connectivity index (χ3n) is 3.90. The molecule has 0 atom stereocenters. The van der Waals surface area contributed by atoms with Crippen LogP contribution in [-0.2, 0) is 6.54 Å². The Morgan fingerprint density at radius 2 is 1.96 bits per heavy atom. The molecule has 0 radical (unpaired) electrons. The molecule has 1 heterocycles. The van der Waals surface area contributed by atoms with Crippen molar-refractivity contribution in [2.75, 3.05) is 0 Å². The molecule has 0 fully saturated rings. The second-order valence-corrected chi connectivity index (χ2v) is 6.12. The van der Waals surface area contributed by atoms with Gasteiger partial charge in [0.1, 0.15) is 5.82 Å². The lowest BCUT2D eigenvalue weighted by Gasteiger charge is -2.10. The molecule has 4 heteroatoms. The van der Waals surface area contributed by atoms with E-state index in [1.54, 1.807) is 4.57 Å². The van der Waals surface area contributed by atoms with Gasteiger partial charge in [0.2, 0.25) is 0 Å². The molecular weight excluding hydrogens is 320 g/mol. The molecule has 0 bridgehead atoms. The predicted octanol–water partition coefficient (Wildman–Crippen LogP) is 5.02. The van der Waals surface area contributed by atoms with Crippen LogP contribution in [0.4, 0.5) is 0 Å². The van der Waals surface area contributed by atoms with Crippen LogP contribution in [0, 0.1) is 0 Å². The Bertz CT molecular complexity index is 944. The molecule has 0 aliphatic heterocycles. The molecule has 3 rings (SSSR count). The van der Waals surface area contributed by atoms with E-state index in [-0.39, 0.29) is 5.56 Å². The highest BCUT2D eigenvalue weighted by Gasteiger charge is 2.08. The smallest absolute Gasteiger partial charge is 0.261 e. The number of hydrogen-bond donors (Lipinski definition) is 0. The second-order valence-electron chi connectivity index (χ2n) is 5.69. The zero-order chi connectivity index (χ0) is 16.9. The van der Waals surface area contributed by atoms with Crippen molar-refractivity contribution in [1.82, 2.24) is 9.55 Å². The largest absolute Gasteiger partial charge is 0.293 e. The molecule has 0 unspecified atom stereocenters. The minimum Gasteiger partial charge on any atom is -0.293 e. The lowest BCUT2D eigenvalue weighted by Crippen LogP contribution is -2.24. The SMILES string of the molecule is CCCCn1c(/C=C/c2cccc(Cl)c2)nc2ccccc2c1=O. The average Bonchev–Trinajstić information content (AvgIpc) is 2.59. The first-order valence-corrected chi connectivity index (χ1v) is 8.50. The zero-order valence-electron chi connectivity index (χ0n) is 13.6. The Balaban J connectivity index is 2.09. The van der Waals surface area contributed by atoms with Gasteiger partial charge in [-0.2, -0.15) is 0 Å². The van der Waals surface area contributed by atoms with Gasteiger partial charge in [-0.1, -0.05) is 55.3 Å². The van der Waals surface area contributed by atoms with E-state index in [0.717, 1.165) is 23.9 Å². The number of para-hydroxylation sites is 1. The third kappa shape index (κ3) is 3.57. The van der Waals surface area contributed by atoms with Gasteiger partial charge in [0.05, 0.1) is 10.9 Å². The maximum absolute atomic E-state index is 12.8. The number of rotatable bonds is 5. The third-order valence-corrected chi connectivity index (χ3v) is 4.14. The minimum atomic E-state index is 0.0137. The molecule has 0 spiro atoms. The monoisotopic (exact) mass is 338 g/mol. The van der Waals surface area contributed by atoms with Crippen LogP contribution >= 0.6 is 11.6 Å². The Labute approximate surface area is 146 Å². The van der Waals surface area contributed by atoms with E-state index in [1.807, 2.05) is 60.7 Å². The number of nitrogens with zero attached hydrogens (tertiary/aromatic N) is 2. The fourth-order valence-electron chi connectivity index (χ4n) is 2.63. The maximum atomic E-state index is 12.8. The van der Waals surface area contributed by atoms with E-state index in [0.29, 0.717) is 22.8 Å². The molecule has 0 N–H and O–H groups in total. The summed E-state index contributed by atoms with van der Waals surface area (Å²) in [4.78, 5) is 17.5. The average molecular weight is 339 g/mol. The first-order valence-electron chi connectivity index (χ1n) is 8.12. The molecule has 3 nitrogen and oxygen atoms in total. The zero-order valence-corrected chi connectivity index (χ0v) is 14.3. The predicted molar refractivity (Wildman–Crippen MR) is 101 cm³/mol. The lowest BCUT2D eigenvalue weighted by atomic mass is 10.2. The summed E-state index contributed by atoms with van der Waals surface area (Å²) >= 11 is 6.03. The van der Waals surface area contributed by atoms with Crippen molar-refractivity contribution in [2.45, 2.75) is 26.3 Å². The molecule has 2 aromatic carbocycles. The van der Waals surface area contributed by atoms with Crippen LogP contribution < -0.4 is 5.56 Å². The molecule has 3 aromatic rings. The quantitative estimate of drug-likeness (QED) is 0.654. The highest BCUT2D eigenvalue weighted by atomic mass is 35.5. The van der Waals surface area contributed by atoms with Gasteiger partial charge in [-0.05, 0) is 42.3 Å². The van der Waals surface area contributed by atoms with E-state index >= 15 is 0 Å². The van der Waals surface area contributed by atoms with Crippen molar-refractivity contribution < 1.29 is 0 Å². The fraction of sp³-hybridized carbons (Fsp3) is 0.200. The van der Waals surface area contributed by atoms with E-state index < -0.39 is 0 Å². The van der Waals surface area contributed by atoms with Crippen molar-refractivity contribution in [1.29, 1.82) is 0 Å². The molecule has 0 saturated carbocycles. The first-order chi connectivity index (χ1) is 11.7. The molecule has 24 heavy (non-hydrogen) atoms. The number of fused-ring (bicyclic) bond motifs is 1. The van der Waals surface area contributed by atoms with Crippen LogP contribution in [0.1, 0.15) is 31.2 Å². The van der Waals surface area contributed by atoms with Crippen molar-refractivity contribution in [3.05, 3.63) is 75.3 Å². The molecule has 0 saturated heterocycles. The van der Waals surface area contributed by atoms with Crippen LogP contribution in [-0.4, -0.2) is 9.55 Å². The lowest BCUT2D eigenvalue weighted by molar-refractivity contribution is 0.603. The Hall–Kier alpha value is -2.39. The van der Waals surface area contributed by atoms with Crippen molar-refractivity contribution >= 4 is 34.7 Å². The minimum absolute atomic E-state index is 0.0137. The van der Waals surface area contributed by atoms with Crippen LogP contribution in [0.25, 0.3) is 23.1 Å². The number of halogens is 1. The van der Waals surface area contributed by atoms with Gasteiger partial charge in [0, 0.05) is 11.6 Å². The van der Waals surface area contributed by atoms with Gasteiger partial charge >= 0.3 is 0 Å². The molecule has 0 aliphatic carbocycles. The van der Waals surface area contributed by atoms with E-state index in [2.05, 4.69) is 11.9 Å². The molecule has 0 amide bonds. The number of aromatic nitrogens is 2. The molecular formula is C20H19ClN2O. The number of benzene rings is 2. The maximum Gasteiger partial charge on any atom is 0.261 e. The van der Waals surface area contributed by atoms with E-state index in [4.69, 9.17) is 11.6 Å². The first kappa shape index (κ1) is 16.5. The summed E-state index contributed by atoms with van der Waals surface area (Å²) in [6.45, 7) is 2.78. The van der Waals surface area contributed by atoms with Gasteiger partial charge in [-0.3, -0.25) is 9.36 Å². The second kappa shape index (κ2) is 7.45. The summed E-state index contributed by atoms with van der Waals surface area (Å²) in [5.41, 5.74) is 1.72. The fourth-order valence-corrected chi connectivity index (χ4v) is 2.82. The van der Waals surface area contributed by atoms with Crippen LogP contribution in [0.5, 0.6) is 0 Å². The van der Waals surface area contributed by atoms with Gasteiger partial charge in [-0.25, -0.2) is 4.98 Å². The standard InChI is InChI=1S/C20H19ClN2O/c1-2-3-13-23-19(12-11-15-7-6-8-16(21)14-15)22-18-10-5-4-9-17(18)20(23)24/h4-12,14H,2-3,13H2,1H3/b12-11+. The molecule has 122 valence electrons. The van der Waals surface area contributed by atoms with Crippen LogP contribution in [0.15, 0.2) is 53.3 Å². The van der Waals surface area contributed by atoms with E-state index in [9.17, 15) is 4.79 Å². The summed E-state index contributed by atoms with van der Waals surface area (Å²) < 4.78 is 1.76. The topological polar surface area (TPSA) is 34.9 Å². The van der Waals surface area contributed by atoms with Crippen molar-refractivity contribution in [2.24, 2.45) is 0 Å². The summed E-state index contributed by atoms with van der Waals surface area (Å²) in [5.74, 6) is 0.673. The normalized spacial score (nSPS) is 11.4. The number of hydrogen-bond acceptors (Lipinski definition) is 2.